The van der Waals surface area contributed by atoms with Crippen molar-refractivity contribution in [3.05, 3.63) is 60.2 Å². The average Bonchev–Trinajstić information content (AvgIpc) is 2.61. The number of carbonyl (C=O) groups excluding carboxylic acids is 2. The largest absolute Gasteiger partial charge is 0.496 e. The van der Waals surface area contributed by atoms with E-state index in [-0.39, 0.29) is 17.7 Å². The maximum absolute atomic E-state index is 12.0. The summed E-state index contributed by atoms with van der Waals surface area (Å²) in [6, 6.07) is 14.4. The SMILES string of the molecule is COc1ccccc1/C=C/C(=O)Nc1ccc(NC(=O)C(C)C)cc1. The molecular weight excluding hydrogens is 316 g/mol. The van der Waals surface area contributed by atoms with Crippen LogP contribution in [0.5, 0.6) is 5.75 Å². The molecular formula is C20H22N2O3. The molecule has 2 N–H and O–H groups in total. The number of para-hydroxylation sites is 1. The minimum absolute atomic E-state index is 0.0449. The normalized spacial score (nSPS) is 10.7. The first-order chi connectivity index (χ1) is 12.0. The predicted octanol–water partition coefficient (Wildman–Crippen LogP) is 3.94. The van der Waals surface area contributed by atoms with Gasteiger partial charge < -0.3 is 15.4 Å². The van der Waals surface area contributed by atoms with Crippen LogP contribution in [0.4, 0.5) is 11.4 Å². The third-order valence-corrected chi connectivity index (χ3v) is 3.50. The molecule has 0 aliphatic rings. The van der Waals surface area contributed by atoms with Gasteiger partial charge in [-0.3, -0.25) is 9.59 Å². The van der Waals surface area contributed by atoms with Crippen molar-refractivity contribution in [2.24, 2.45) is 5.92 Å². The molecule has 2 amide bonds. The Balaban J connectivity index is 1.96. The Morgan fingerprint density at radius 3 is 2.16 bits per heavy atom. The summed E-state index contributed by atoms with van der Waals surface area (Å²) >= 11 is 0. The lowest BCUT2D eigenvalue weighted by atomic mass is 10.2. The van der Waals surface area contributed by atoms with Gasteiger partial charge in [0.05, 0.1) is 7.11 Å². The maximum atomic E-state index is 12.0. The second kappa shape index (κ2) is 8.68. The van der Waals surface area contributed by atoms with E-state index < -0.39 is 0 Å². The average molecular weight is 338 g/mol. The molecule has 0 saturated carbocycles. The van der Waals surface area contributed by atoms with E-state index in [1.165, 1.54) is 6.08 Å². The van der Waals surface area contributed by atoms with E-state index in [1.807, 2.05) is 38.1 Å². The van der Waals surface area contributed by atoms with Crippen molar-refractivity contribution in [1.82, 2.24) is 0 Å². The second-order valence-corrected chi connectivity index (χ2v) is 5.79. The summed E-state index contributed by atoms with van der Waals surface area (Å²) in [5.41, 5.74) is 2.17. The number of nitrogens with one attached hydrogen (secondary N) is 2. The van der Waals surface area contributed by atoms with Crippen LogP contribution >= 0.6 is 0 Å². The molecule has 2 aromatic carbocycles. The number of hydrogen-bond acceptors (Lipinski definition) is 3. The molecule has 0 spiro atoms. The van der Waals surface area contributed by atoms with E-state index in [0.29, 0.717) is 17.1 Å². The minimum atomic E-state index is -0.245. The van der Waals surface area contributed by atoms with Crippen LogP contribution in [0.2, 0.25) is 0 Å². The summed E-state index contributed by atoms with van der Waals surface area (Å²) in [5.74, 6) is 0.331. The molecule has 5 nitrogen and oxygen atoms in total. The second-order valence-electron chi connectivity index (χ2n) is 5.79. The molecule has 130 valence electrons. The van der Waals surface area contributed by atoms with E-state index in [0.717, 1.165) is 5.56 Å². The van der Waals surface area contributed by atoms with Crippen LogP contribution in [-0.4, -0.2) is 18.9 Å². The van der Waals surface area contributed by atoms with Gasteiger partial charge in [-0.05, 0) is 36.4 Å². The van der Waals surface area contributed by atoms with Gasteiger partial charge in [0.2, 0.25) is 11.8 Å². The van der Waals surface area contributed by atoms with Gasteiger partial charge in [0, 0.05) is 28.9 Å². The summed E-state index contributed by atoms with van der Waals surface area (Å²) in [7, 11) is 1.59. The fourth-order valence-electron chi connectivity index (χ4n) is 2.08. The summed E-state index contributed by atoms with van der Waals surface area (Å²) in [5, 5.41) is 5.58. The van der Waals surface area contributed by atoms with Crippen LogP contribution in [0.3, 0.4) is 0 Å². The van der Waals surface area contributed by atoms with Crippen LogP contribution in [0.25, 0.3) is 6.08 Å². The molecule has 0 unspecified atom stereocenters. The third kappa shape index (κ3) is 5.49. The number of anilines is 2. The van der Waals surface area contributed by atoms with E-state index in [4.69, 9.17) is 4.74 Å². The number of ether oxygens (including phenoxy) is 1. The van der Waals surface area contributed by atoms with Gasteiger partial charge >= 0.3 is 0 Å². The predicted molar refractivity (Wildman–Crippen MR) is 101 cm³/mol. The highest BCUT2D eigenvalue weighted by Crippen LogP contribution is 2.19. The number of carbonyl (C=O) groups is 2. The first-order valence-corrected chi connectivity index (χ1v) is 8.02. The maximum Gasteiger partial charge on any atom is 0.248 e. The zero-order chi connectivity index (χ0) is 18.2. The first kappa shape index (κ1) is 18.3. The fourth-order valence-corrected chi connectivity index (χ4v) is 2.08. The number of hydrogen-bond donors (Lipinski definition) is 2. The van der Waals surface area contributed by atoms with Gasteiger partial charge in [-0.2, -0.15) is 0 Å². The fraction of sp³-hybridized carbons (Fsp3) is 0.200. The lowest BCUT2D eigenvalue weighted by Gasteiger charge is -2.08. The summed E-state index contributed by atoms with van der Waals surface area (Å²) in [6.45, 7) is 3.66. The number of rotatable bonds is 6. The highest BCUT2D eigenvalue weighted by molar-refractivity contribution is 6.02. The Labute approximate surface area is 147 Å². The number of amides is 2. The van der Waals surface area contributed by atoms with Gasteiger partial charge in [-0.25, -0.2) is 0 Å². The minimum Gasteiger partial charge on any atom is -0.496 e. The summed E-state index contributed by atoms with van der Waals surface area (Å²) in [4.78, 5) is 23.7. The topological polar surface area (TPSA) is 67.4 Å². The van der Waals surface area contributed by atoms with E-state index in [2.05, 4.69) is 10.6 Å². The molecule has 0 saturated heterocycles. The third-order valence-electron chi connectivity index (χ3n) is 3.50. The van der Waals surface area contributed by atoms with Crippen molar-refractivity contribution in [3.8, 4) is 5.75 Å². The highest BCUT2D eigenvalue weighted by atomic mass is 16.5. The van der Waals surface area contributed by atoms with Crippen LogP contribution < -0.4 is 15.4 Å². The Kier molecular flexibility index (Phi) is 6.34. The molecule has 0 heterocycles. The standard InChI is InChI=1S/C20H22N2O3/c1-14(2)20(24)22-17-11-9-16(10-12-17)21-19(23)13-8-15-6-4-5-7-18(15)25-3/h4-14H,1-3H3,(H,21,23)(H,22,24)/b13-8+. The molecule has 0 fully saturated rings. The number of methoxy groups -OCH3 is 1. The molecule has 0 radical (unpaired) electrons. The van der Waals surface area contributed by atoms with Gasteiger partial charge in [0.15, 0.2) is 0 Å². The van der Waals surface area contributed by atoms with Gasteiger partial charge in [-0.1, -0.05) is 32.0 Å². The van der Waals surface area contributed by atoms with Crippen molar-refractivity contribution in [3.63, 3.8) is 0 Å². The van der Waals surface area contributed by atoms with Gasteiger partial charge in [-0.15, -0.1) is 0 Å². The molecule has 2 rings (SSSR count). The Bertz CT molecular complexity index is 765. The van der Waals surface area contributed by atoms with Crippen molar-refractivity contribution in [1.29, 1.82) is 0 Å². The van der Waals surface area contributed by atoms with Crippen LogP contribution in [0.15, 0.2) is 54.6 Å². The van der Waals surface area contributed by atoms with Crippen LogP contribution in [0.1, 0.15) is 19.4 Å². The van der Waals surface area contributed by atoms with Crippen LogP contribution in [0, 0.1) is 5.92 Å². The molecule has 0 atom stereocenters. The smallest absolute Gasteiger partial charge is 0.248 e. The molecule has 0 aliphatic heterocycles. The Hall–Kier alpha value is -3.08. The molecule has 25 heavy (non-hydrogen) atoms. The summed E-state index contributed by atoms with van der Waals surface area (Å²) < 4.78 is 5.24. The van der Waals surface area contributed by atoms with Gasteiger partial charge in [0.1, 0.15) is 5.75 Å². The quantitative estimate of drug-likeness (QED) is 0.784. The van der Waals surface area contributed by atoms with E-state index >= 15 is 0 Å². The van der Waals surface area contributed by atoms with Gasteiger partial charge in [0.25, 0.3) is 0 Å². The number of benzene rings is 2. The van der Waals surface area contributed by atoms with Crippen molar-refractivity contribution >= 4 is 29.3 Å². The molecule has 0 aromatic heterocycles. The first-order valence-electron chi connectivity index (χ1n) is 8.02. The van der Waals surface area contributed by atoms with Crippen molar-refractivity contribution in [2.75, 3.05) is 17.7 Å². The lowest BCUT2D eigenvalue weighted by molar-refractivity contribution is -0.119. The molecule has 5 heteroatoms. The Morgan fingerprint density at radius 2 is 1.56 bits per heavy atom. The monoisotopic (exact) mass is 338 g/mol. The van der Waals surface area contributed by atoms with E-state index in [1.54, 1.807) is 37.5 Å². The highest BCUT2D eigenvalue weighted by Gasteiger charge is 2.07. The summed E-state index contributed by atoms with van der Waals surface area (Å²) in [6.07, 6.45) is 3.15. The molecule has 2 aromatic rings. The zero-order valence-corrected chi connectivity index (χ0v) is 14.6. The van der Waals surface area contributed by atoms with Crippen molar-refractivity contribution in [2.45, 2.75) is 13.8 Å². The lowest BCUT2D eigenvalue weighted by Crippen LogP contribution is -2.17. The molecule has 0 bridgehead atoms. The van der Waals surface area contributed by atoms with Crippen LogP contribution in [-0.2, 0) is 9.59 Å². The van der Waals surface area contributed by atoms with Crippen molar-refractivity contribution < 1.29 is 14.3 Å². The zero-order valence-electron chi connectivity index (χ0n) is 14.6. The Morgan fingerprint density at radius 1 is 0.960 bits per heavy atom. The molecule has 0 aliphatic carbocycles. The van der Waals surface area contributed by atoms with E-state index in [9.17, 15) is 9.59 Å².